The lowest BCUT2D eigenvalue weighted by atomic mass is 9.80. The Morgan fingerprint density at radius 3 is 1.49 bits per heavy atom. The van der Waals surface area contributed by atoms with E-state index in [9.17, 15) is 9.59 Å². The lowest BCUT2D eigenvalue weighted by molar-refractivity contribution is -0.126. The van der Waals surface area contributed by atoms with E-state index >= 15 is 4.79 Å². The van der Waals surface area contributed by atoms with Crippen LogP contribution in [-0.4, -0.2) is 58.0 Å². The predicted molar refractivity (Wildman–Crippen MR) is 311 cm³/mol. The number of fused-ring (bicyclic) bond motifs is 3. The van der Waals surface area contributed by atoms with Crippen LogP contribution in [-0.2, 0) is 24.7 Å². The van der Waals surface area contributed by atoms with Crippen molar-refractivity contribution in [2.24, 2.45) is 0 Å². The van der Waals surface area contributed by atoms with Crippen LogP contribution in [0.3, 0.4) is 0 Å². The fraction of sp³-hybridized carbons (Fsp3) is 0.174. The molecule has 3 amide bonds. The molecule has 0 fully saturated rings. The van der Waals surface area contributed by atoms with Crippen molar-refractivity contribution in [2.45, 2.75) is 43.5 Å². The number of hydrogen-bond acceptors (Lipinski definition) is 8. The molecule has 9 aromatic carbocycles. The van der Waals surface area contributed by atoms with E-state index in [2.05, 4.69) is 40.2 Å². The molecule has 1 aliphatic rings. The predicted octanol–water partition coefficient (Wildman–Crippen LogP) is 12.7. The van der Waals surface area contributed by atoms with E-state index in [1.165, 1.54) is 0 Å². The van der Waals surface area contributed by atoms with Gasteiger partial charge in [-0.05, 0) is 93.7 Å². The number of carbonyl (C=O) groups is 3. The van der Waals surface area contributed by atoms with Gasteiger partial charge >= 0.3 is 6.09 Å². The molecule has 0 aromatic heterocycles. The van der Waals surface area contributed by atoms with Crippen LogP contribution in [0.1, 0.15) is 79.2 Å². The number of nitrogens with one attached hydrogen (secondary N) is 3. The van der Waals surface area contributed by atoms with Crippen LogP contribution in [0, 0.1) is 13.8 Å². The normalized spacial score (nSPS) is 12.6. The molecule has 1 aliphatic carbocycles. The molecule has 10 rings (SSSR count). The molecule has 0 aliphatic heterocycles. The van der Waals surface area contributed by atoms with Crippen molar-refractivity contribution >= 4 is 17.9 Å². The summed E-state index contributed by atoms with van der Waals surface area (Å²) >= 11 is 0. The Hall–Kier alpha value is -9.45. The summed E-state index contributed by atoms with van der Waals surface area (Å²) in [5, 5.41) is 9.37. The Balaban J connectivity index is 0.950. The Morgan fingerprint density at radius 1 is 0.500 bits per heavy atom. The van der Waals surface area contributed by atoms with E-state index in [0.717, 1.165) is 61.2 Å². The Bertz CT molecular complexity index is 3350. The highest BCUT2D eigenvalue weighted by molar-refractivity contribution is 5.87. The molecule has 2 atom stereocenters. The Labute approximate surface area is 467 Å². The van der Waals surface area contributed by atoms with Gasteiger partial charge in [-0.25, -0.2) is 4.79 Å². The average Bonchev–Trinajstić information content (AvgIpc) is 3.87. The number of ether oxygens (including phenoxy) is 5. The second-order valence-corrected chi connectivity index (χ2v) is 19.8. The van der Waals surface area contributed by atoms with Crippen molar-refractivity contribution in [3.8, 4) is 28.4 Å². The topological polar surface area (TPSA) is 133 Å². The molecule has 11 heteroatoms. The lowest BCUT2D eigenvalue weighted by Crippen LogP contribution is -2.52. The number of benzene rings is 9. The van der Waals surface area contributed by atoms with Gasteiger partial charge in [0.15, 0.2) is 6.61 Å². The van der Waals surface area contributed by atoms with E-state index in [-0.39, 0.29) is 31.6 Å². The molecule has 80 heavy (non-hydrogen) atoms. The first-order valence-corrected chi connectivity index (χ1v) is 26.7. The van der Waals surface area contributed by atoms with E-state index in [0.29, 0.717) is 28.4 Å². The quantitative estimate of drug-likeness (QED) is 0.0606. The lowest BCUT2D eigenvalue weighted by Gasteiger charge is -2.37. The molecule has 3 N–H and O–H groups in total. The van der Waals surface area contributed by atoms with Gasteiger partial charge in [-0.1, -0.05) is 211 Å². The number of carbonyl (C=O) groups excluding carboxylic acids is 3. The zero-order chi connectivity index (χ0) is 55.4. The first-order chi connectivity index (χ1) is 39.1. The standard InChI is InChI=1S/C69H63N3O8/c1-46-28-32-48(33-29-46)65(49-34-30-47(2)31-35-49)71-64(73)45-78-54-38-36-50(37-39-54)66(60-41-40-55(76-3)42-63(60)77-4)72-67(74)62(70-68(75)79-43-61-58-26-16-14-24-56(58)57-25-15-17-27-59(57)61)44-80-69(51-18-8-5-9-19-51,52-20-10-6-11-21-52)53-22-12-7-13-23-53/h5-42,61-62,65-66H,43-45H2,1-4H3,(H,70,75)(H,71,73)(H,72,74)/t62-,66?/m1/s1. The smallest absolute Gasteiger partial charge is 0.407 e. The highest BCUT2D eigenvalue weighted by atomic mass is 16.6. The fourth-order valence-electron chi connectivity index (χ4n) is 10.6. The van der Waals surface area contributed by atoms with Crippen LogP contribution in [0.4, 0.5) is 4.79 Å². The number of aryl methyl sites for hydroxylation is 2. The second-order valence-electron chi connectivity index (χ2n) is 19.8. The van der Waals surface area contributed by atoms with Gasteiger partial charge in [0.2, 0.25) is 5.91 Å². The van der Waals surface area contributed by atoms with Crippen molar-refractivity contribution in [3.63, 3.8) is 0 Å². The van der Waals surface area contributed by atoms with Crippen molar-refractivity contribution in [1.29, 1.82) is 0 Å². The fourth-order valence-corrected chi connectivity index (χ4v) is 10.6. The van der Waals surface area contributed by atoms with E-state index < -0.39 is 35.7 Å². The van der Waals surface area contributed by atoms with Gasteiger partial charge in [0.25, 0.3) is 5.91 Å². The molecule has 1 unspecified atom stereocenters. The van der Waals surface area contributed by atoms with Gasteiger partial charge in [-0.2, -0.15) is 0 Å². The molecule has 0 radical (unpaired) electrons. The minimum Gasteiger partial charge on any atom is -0.497 e. The van der Waals surface area contributed by atoms with Crippen LogP contribution >= 0.6 is 0 Å². The summed E-state index contributed by atoms with van der Waals surface area (Å²) < 4.78 is 31.0. The van der Waals surface area contributed by atoms with E-state index in [1.807, 2.05) is 196 Å². The summed E-state index contributed by atoms with van der Waals surface area (Å²) in [6, 6.07) is 71.8. The summed E-state index contributed by atoms with van der Waals surface area (Å²) in [6.45, 7) is 3.53. The summed E-state index contributed by atoms with van der Waals surface area (Å²) in [6.07, 6.45) is -0.798. The SMILES string of the molecule is COc1ccc(C(NC(=O)[C@@H](COC(c2ccccc2)(c2ccccc2)c2ccccc2)NC(=O)OCC2c3ccccc3-c3ccccc32)c2ccc(OCC(=O)NC(c3ccc(C)cc3)c3ccc(C)cc3)cc2)c(OC)c1. The highest BCUT2D eigenvalue weighted by Gasteiger charge is 2.40. The van der Waals surface area contributed by atoms with Gasteiger partial charge < -0.3 is 39.6 Å². The molecule has 0 heterocycles. The molecule has 0 bridgehead atoms. The van der Waals surface area contributed by atoms with Gasteiger partial charge in [-0.15, -0.1) is 0 Å². The number of alkyl carbamates (subject to hydrolysis) is 1. The zero-order valence-electron chi connectivity index (χ0n) is 45.1. The number of amides is 3. The van der Waals surface area contributed by atoms with Gasteiger partial charge in [0.1, 0.15) is 35.5 Å². The zero-order valence-corrected chi connectivity index (χ0v) is 45.1. The molecule has 0 saturated heterocycles. The number of hydrogen-bond donors (Lipinski definition) is 3. The molecule has 0 spiro atoms. The molecular formula is C69H63N3O8. The largest absolute Gasteiger partial charge is 0.497 e. The first-order valence-electron chi connectivity index (χ1n) is 26.7. The molecule has 11 nitrogen and oxygen atoms in total. The second kappa shape index (κ2) is 24.9. The van der Waals surface area contributed by atoms with E-state index in [1.54, 1.807) is 38.5 Å². The average molecular weight is 1060 g/mol. The molecule has 0 saturated carbocycles. The van der Waals surface area contributed by atoms with E-state index in [4.69, 9.17) is 23.7 Å². The summed E-state index contributed by atoms with van der Waals surface area (Å²) in [7, 11) is 3.12. The van der Waals surface area contributed by atoms with Crippen molar-refractivity contribution in [3.05, 3.63) is 292 Å². The summed E-state index contributed by atoms with van der Waals surface area (Å²) in [4.78, 5) is 43.5. The van der Waals surface area contributed by atoms with Crippen LogP contribution in [0.25, 0.3) is 11.1 Å². The van der Waals surface area contributed by atoms with Crippen molar-refractivity contribution in [1.82, 2.24) is 16.0 Å². The maximum atomic E-state index is 15.4. The van der Waals surface area contributed by atoms with Crippen LogP contribution in [0.2, 0.25) is 0 Å². The highest BCUT2D eigenvalue weighted by Crippen LogP contribution is 2.45. The Morgan fingerprint density at radius 2 is 0.975 bits per heavy atom. The summed E-state index contributed by atoms with van der Waals surface area (Å²) in [5.41, 5.74) is 10.9. The van der Waals surface area contributed by atoms with Gasteiger partial charge in [-0.3, -0.25) is 9.59 Å². The first kappa shape index (κ1) is 53.9. The number of methoxy groups -OCH3 is 2. The monoisotopic (exact) mass is 1060 g/mol. The molecule has 9 aromatic rings. The third-order valence-corrected chi connectivity index (χ3v) is 14.7. The Kier molecular flexibility index (Phi) is 16.8. The van der Waals surface area contributed by atoms with Crippen molar-refractivity contribution in [2.75, 3.05) is 34.0 Å². The molecule has 402 valence electrons. The van der Waals surface area contributed by atoms with Crippen LogP contribution < -0.4 is 30.2 Å². The summed E-state index contributed by atoms with van der Waals surface area (Å²) in [5.74, 6) is 0.324. The van der Waals surface area contributed by atoms with Gasteiger partial charge in [0.05, 0.1) is 32.9 Å². The van der Waals surface area contributed by atoms with Gasteiger partial charge in [0, 0.05) is 17.5 Å². The number of rotatable bonds is 21. The van der Waals surface area contributed by atoms with Crippen LogP contribution in [0.15, 0.2) is 231 Å². The third kappa shape index (κ3) is 12.0. The minimum atomic E-state index is -1.32. The third-order valence-electron chi connectivity index (χ3n) is 14.7. The maximum Gasteiger partial charge on any atom is 0.407 e. The maximum absolute atomic E-state index is 15.4. The van der Waals surface area contributed by atoms with Crippen molar-refractivity contribution < 1.29 is 38.1 Å². The van der Waals surface area contributed by atoms with Crippen LogP contribution in [0.5, 0.6) is 17.2 Å². The minimum absolute atomic E-state index is 0.0267. The molecular weight excluding hydrogens is 999 g/mol.